The molecular formula is C25H26N2O4. The SMILES string of the molecule is CCN(CC)c1cc2c(c3ccccc13)C(=O)N(CCc1ccc(O)c(O)c1)C(=O)C2. The van der Waals surface area contributed by atoms with Gasteiger partial charge < -0.3 is 15.1 Å². The first-order valence-electron chi connectivity index (χ1n) is 10.6. The summed E-state index contributed by atoms with van der Waals surface area (Å²) in [6.45, 7) is 6.08. The number of imide groups is 1. The standard InChI is InChI=1S/C25H26N2O4/c1-3-26(4-2)20-14-17-15-23(30)27(12-11-16-9-10-21(28)22(29)13-16)25(31)24(17)19-8-6-5-7-18(19)20/h5-10,13-14,28-29H,3-4,11-12,15H2,1-2H3. The van der Waals surface area contributed by atoms with Crippen molar-refractivity contribution in [3.05, 3.63) is 65.2 Å². The zero-order valence-electron chi connectivity index (χ0n) is 17.8. The van der Waals surface area contributed by atoms with Gasteiger partial charge in [-0.3, -0.25) is 14.5 Å². The first kappa shape index (κ1) is 20.7. The Hall–Kier alpha value is -3.54. The zero-order valence-corrected chi connectivity index (χ0v) is 17.8. The highest BCUT2D eigenvalue weighted by molar-refractivity contribution is 6.18. The molecule has 0 fully saturated rings. The lowest BCUT2D eigenvalue weighted by molar-refractivity contribution is -0.128. The van der Waals surface area contributed by atoms with Crippen LogP contribution in [0.3, 0.4) is 0 Å². The van der Waals surface area contributed by atoms with Crippen molar-refractivity contribution in [1.82, 2.24) is 4.90 Å². The minimum atomic E-state index is -0.281. The Balaban J connectivity index is 1.71. The zero-order chi connectivity index (χ0) is 22.1. The highest BCUT2D eigenvalue weighted by atomic mass is 16.3. The van der Waals surface area contributed by atoms with Crippen molar-refractivity contribution in [1.29, 1.82) is 0 Å². The quantitative estimate of drug-likeness (QED) is 0.469. The summed E-state index contributed by atoms with van der Waals surface area (Å²) in [5.41, 5.74) is 3.16. The number of rotatable bonds is 6. The molecule has 6 nitrogen and oxygen atoms in total. The third-order valence-electron chi connectivity index (χ3n) is 5.97. The van der Waals surface area contributed by atoms with Gasteiger partial charge in [-0.05, 0) is 55.0 Å². The van der Waals surface area contributed by atoms with Crippen LogP contribution in [0.5, 0.6) is 11.5 Å². The smallest absolute Gasteiger partial charge is 0.261 e. The van der Waals surface area contributed by atoms with E-state index in [0.29, 0.717) is 12.0 Å². The molecule has 1 aliphatic rings. The molecule has 2 amide bonds. The lowest BCUT2D eigenvalue weighted by atomic mass is 9.91. The first-order valence-corrected chi connectivity index (χ1v) is 10.6. The van der Waals surface area contributed by atoms with Crippen LogP contribution in [0.2, 0.25) is 0 Å². The predicted molar refractivity (Wildman–Crippen MR) is 121 cm³/mol. The minimum absolute atomic E-state index is 0.182. The molecule has 1 aliphatic heterocycles. The molecule has 0 aliphatic carbocycles. The van der Waals surface area contributed by atoms with E-state index in [-0.39, 0.29) is 36.3 Å². The topological polar surface area (TPSA) is 81.1 Å². The molecule has 3 aromatic rings. The number of carbonyl (C=O) groups is 2. The molecule has 2 N–H and O–H groups in total. The van der Waals surface area contributed by atoms with E-state index in [2.05, 4.69) is 18.7 Å². The van der Waals surface area contributed by atoms with Crippen LogP contribution < -0.4 is 4.90 Å². The highest BCUT2D eigenvalue weighted by Gasteiger charge is 2.33. The van der Waals surface area contributed by atoms with Gasteiger partial charge in [-0.1, -0.05) is 30.3 Å². The second-order valence-corrected chi connectivity index (χ2v) is 7.75. The Morgan fingerprint density at radius 3 is 2.32 bits per heavy atom. The summed E-state index contributed by atoms with van der Waals surface area (Å²) in [6, 6.07) is 14.4. The number of amides is 2. The summed E-state index contributed by atoms with van der Waals surface area (Å²) in [6.07, 6.45) is 0.580. The van der Waals surface area contributed by atoms with E-state index < -0.39 is 0 Å². The van der Waals surface area contributed by atoms with Crippen LogP contribution >= 0.6 is 0 Å². The van der Waals surface area contributed by atoms with Crippen LogP contribution in [-0.4, -0.2) is 46.6 Å². The lowest BCUT2D eigenvalue weighted by Gasteiger charge is -2.31. The molecular weight excluding hydrogens is 392 g/mol. The molecule has 0 aromatic heterocycles. The Morgan fingerprint density at radius 2 is 1.65 bits per heavy atom. The largest absolute Gasteiger partial charge is 0.504 e. The molecule has 31 heavy (non-hydrogen) atoms. The molecule has 3 aromatic carbocycles. The van der Waals surface area contributed by atoms with Gasteiger partial charge in [0.2, 0.25) is 5.91 Å². The highest BCUT2D eigenvalue weighted by Crippen LogP contribution is 2.35. The molecule has 6 heteroatoms. The number of anilines is 1. The number of phenols is 2. The molecule has 0 atom stereocenters. The second kappa shape index (κ2) is 8.30. The number of aromatic hydroxyl groups is 2. The van der Waals surface area contributed by atoms with Crippen molar-refractivity contribution in [3.63, 3.8) is 0 Å². The van der Waals surface area contributed by atoms with Gasteiger partial charge in [0.05, 0.1) is 12.0 Å². The summed E-state index contributed by atoms with van der Waals surface area (Å²) >= 11 is 0. The summed E-state index contributed by atoms with van der Waals surface area (Å²) < 4.78 is 0. The average Bonchev–Trinajstić information content (AvgIpc) is 2.76. The van der Waals surface area contributed by atoms with Crippen LogP contribution in [0.15, 0.2) is 48.5 Å². The number of hydrogen-bond donors (Lipinski definition) is 2. The van der Waals surface area contributed by atoms with Crippen molar-refractivity contribution < 1.29 is 19.8 Å². The average molecular weight is 418 g/mol. The molecule has 0 saturated carbocycles. The fraction of sp³-hybridized carbons (Fsp3) is 0.280. The third kappa shape index (κ3) is 3.69. The van der Waals surface area contributed by atoms with E-state index >= 15 is 0 Å². The van der Waals surface area contributed by atoms with Gasteiger partial charge in [0.1, 0.15) is 0 Å². The van der Waals surface area contributed by atoms with Gasteiger partial charge in [0.25, 0.3) is 5.91 Å². The molecule has 0 saturated heterocycles. The van der Waals surface area contributed by atoms with Crippen molar-refractivity contribution in [2.24, 2.45) is 0 Å². The molecule has 0 radical (unpaired) electrons. The Morgan fingerprint density at radius 1 is 0.935 bits per heavy atom. The molecule has 0 bridgehead atoms. The maximum Gasteiger partial charge on any atom is 0.261 e. The maximum atomic E-state index is 13.4. The number of fused-ring (bicyclic) bond motifs is 3. The van der Waals surface area contributed by atoms with Crippen LogP contribution in [0.4, 0.5) is 5.69 Å². The fourth-order valence-corrected chi connectivity index (χ4v) is 4.33. The predicted octanol–water partition coefficient (Wildman–Crippen LogP) is 3.86. The summed E-state index contributed by atoms with van der Waals surface area (Å²) in [5.74, 6) is -0.912. The van der Waals surface area contributed by atoms with Crippen LogP contribution in [-0.2, 0) is 17.6 Å². The monoisotopic (exact) mass is 418 g/mol. The minimum Gasteiger partial charge on any atom is -0.504 e. The Kier molecular flexibility index (Phi) is 5.55. The van der Waals surface area contributed by atoms with Crippen LogP contribution in [0.25, 0.3) is 10.8 Å². The molecule has 1 heterocycles. The first-order chi connectivity index (χ1) is 14.9. The number of phenolic OH excluding ortho intramolecular Hbond substituents is 2. The molecule has 4 rings (SSSR count). The van der Waals surface area contributed by atoms with Gasteiger partial charge >= 0.3 is 0 Å². The van der Waals surface area contributed by atoms with Gasteiger partial charge in [-0.15, -0.1) is 0 Å². The molecule has 0 unspecified atom stereocenters. The lowest BCUT2D eigenvalue weighted by Crippen LogP contribution is -2.43. The normalized spacial score (nSPS) is 13.5. The fourth-order valence-electron chi connectivity index (χ4n) is 4.33. The third-order valence-corrected chi connectivity index (χ3v) is 5.97. The molecule has 0 spiro atoms. The van der Waals surface area contributed by atoms with Gasteiger partial charge in [-0.25, -0.2) is 0 Å². The van der Waals surface area contributed by atoms with E-state index in [0.717, 1.165) is 40.7 Å². The van der Waals surface area contributed by atoms with Crippen LogP contribution in [0.1, 0.15) is 35.3 Å². The summed E-state index contributed by atoms with van der Waals surface area (Å²) in [4.78, 5) is 29.8. The van der Waals surface area contributed by atoms with E-state index in [1.165, 1.54) is 17.0 Å². The van der Waals surface area contributed by atoms with Gasteiger partial charge in [0, 0.05) is 30.7 Å². The van der Waals surface area contributed by atoms with Crippen molar-refractivity contribution in [2.75, 3.05) is 24.5 Å². The Labute approximate surface area is 181 Å². The van der Waals surface area contributed by atoms with E-state index in [1.807, 2.05) is 30.3 Å². The second-order valence-electron chi connectivity index (χ2n) is 7.75. The van der Waals surface area contributed by atoms with E-state index in [4.69, 9.17) is 0 Å². The Bertz CT molecular complexity index is 1170. The number of hydrogen-bond acceptors (Lipinski definition) is 5. The van der Waals surface area contributed by atoms with E-state index in [9.17, 15) is 19.8 Å². The maximum absolute atomic E-state index is 13.4. The van der Waals surface area contributed by atoms with Crippen molar-refractivity contribution >= 4 is 28.3 Å². The number of nitrogens with zero attached hydrogens (tertiary/aromatic N) is 2. The number of carbonyl (C=O) groups excluding carboxylic acids is 2. The summed E-state index contributed by atoms with van der Waals surface area (Å²) in [7, 11) is 0. The van der Waals surface area contributed by atoms with Gasteiger partial charge in [0.15, 0.2) is 11.5 Å². The van der Waals surface area contributed by atoms with Crippen LogP contribution in [0, 0.1) is 0 Å². The molecule has 160 valence electrons. The van der Waals surface area contributed by atoms with E-state index in [1.54, 1.807) is 6.07 Å². The van der Waals surface area contributed by atoms with Crippen molar-refractivity contribution in [2.45, 2.75) is 26.7 Å². The van der Waals surface area contributed by atoms with Gasteiger partial charge in [-0.2, -0.15) is 0 Å². The van der Waals surface area contributed by atoms with Crippen molar-refractivity contribution in [3.8, 4) is 11.5 Å². The summed E-state index contributed by atoms with van der Waals surface area (Å²) in [5, 5.41) is 21.1. The number of benzene rings is 3.